The molecule has 0 N–H and O–H groups in total. The monoisotopic (exact) mass is 678 g/mol. The predicted molar refractivity (Wildman–Crippen MR) is 172 cm³/mol. The molecule has 0 unspecified atom stereocenters. The second-order valence-electron chi connectivity index (χ2n) is 9.60. The molecule has 1 rings (SSSR count). The summed E-state index contributed by atoms with van der Waals surface area (Å²) >= 11 is 0. The van der Waals surface area contributed by atoms with Crippen LogP contribution in [0.3, 0.4) is 0 Å². The molecular formula is C33H58O14. The number of methoxy groups -OCH3 is 1. The van der Waals surface area contributed by atoms with E-state index >= 15 is 0 Å². The smallest absolute Gasteiger partial charge is 0.307 e. The molecule has 14 nitrogen and oxygen atoms in total. The lowest BCUT2D eigenvalue weighted by Crippen LogP contribution is -2.15. The van der Waals surface area contributed by atoms with Crippen LogP contribution in [0.5, 0.6) is 0 Å². The minimum absolute atomic E-state index is 0.244. The molecule has 0 saturated carbocycles. The molecule has 0 fully saturated rings. The van der Waals surface area contributed by atoms with Crippen molar-refractivity contribution in [1.29, 1.82) is 0 Å². The van der Waals surface area contributed by atoms with Crippen LogP contribution in [-0.2, 0) is 73.0 Å². The van der Waals surface area contributed by atoms with Crippen molar-refractivity contribution < 1.29 is 66.4 Å². The van der Waals surface area contributed by atoms with Gasteiger partial charge in [-0.15, -0.1) is 0 Å². The van der Waals surface area contributed by atoms with E-state index in [9.17, 15) is 4.79 Å². The Balaban J connectivity index is 1.61. The number of benzene rings is 1. The molecule has 0 saturated heterocycles. The van der Waals surface area contributed by atoms with Crippen molar-refractivity contribution in [2.24, 2.45) is 0 Å². The van der Waals surface area contributed by atoms with Gasteiger partial charge in [-0.3, -0.25) is 4.79 Å². The molecule has 274 valence electrons. The second-order valence-corrected chi connectivity index (χ2v) is 9.60. The molecule has 0 spiro atoms. The SMILES string of the molecule is COC(=O)CCOCCOCCOCCOCCOCCOCCOCCOCCOCCOCCOCCOCc1ccccc1. The summed E-state index contributed by atoms with van der Waals surface area (Å²) in [4.78, 5) is 10.9. The van der Waals surface area contributed by atoms with Crippen LogP contribution in [0, 0.1) is 0 Å². The average molecular weight is 679 g/mol. The molecule has 47 heavy (non-hydrogen) atoms. The first kappa shape index (κ1) is 43.2. The summed E-state index contributed by atoms with van der Waals surface area (Å²) in [6.45, 7) is 11.9. The summed E-state index contributed by atoms with van der Waals surface area (Å²) in [6.07, 6.45) is 0.244. The fraction of sp³-hybridized carbons (Fsp3) is 0.788. The molecule has 1 aromatic carbocycles. The van der Waals surface area contributed by atoms with Gasteiger partial charge < -0.3 is 61.6 Å². The van der Waals surface area contributed by atoms with Crippen LogP contribution < -0.4 is 0 Å². The lowest BCUT2D eigenvalue weighted by Gasteiger charge is -2.09. The van der Waals surface area contributed by atoms with Crippen LogP contribution >= 0.6 is 0 Å². The molecule has 0 aliphatic heterocycles. The Morgan fingerprint density at radius 2 is 0.638 bits per heavy atom. The van der Waals surface area contributed by atoms with E-state index in [1.54, 1.807) is 0 Å². The second kappa shape index (κ2) is 37.0. The summed E-state index contributed by atoms with van der Waals surface area (Å²) in [6, 6.07) is 10.1. The van der Waals surface area contributed by atoms with Crippen molar-refractivity contribution in [1.82, 2.24) is 0 Å². The molecule has 0 aromatic heterocycles. The number of carbonyl (C=O) groups is 1. The lowest BCUT2D eigenvalue weighted by molar-refractivity contribution is -0.141. The summed E-state index contributed by atoms with van der Waals surface area (Å²) < 4.78 is 69.9. The minimum atomic E-state index is -0.286. The van der Waals surface area contributed by atoms with Gasteiger partial charge in [-0.2, -0.15) is 0 Å². The van der Waals surface area contributed by atoms with Crippen molar-refractivity contribution in [2.75, 3.05) is 159 Å². The molecule has 0 amide bonds. The Labute approximate surface area is 280 Å². The van der Waals surface area contributed by atoms with Gasteiger partial charge in [0.05, 0.1) is 172 Å². The lowest BCUT2D eigenvalue weighted by atomic mass is 10.2. The largest absolute Gasteiger partial charge is 0.469 e. The van der Waals surface area contributed by atoms with Gasteiger partial charge in [0, 0.05) is 0 Å². The normalized spacial score (nSPS) is 11.3. The Morgan fingerprint density at radius 3 is 0.915 bits per heavy atom. The van der Waals surface area contributed by atoms with Crippen LogP contribution in [0.4, 0.5) is 0 Å². The number of rotatable bonds is 38. The first-order chi connectivity index (χ1) is 23.3. The predicted octanol–water partition coefficient (Wildman–Crippen LogP) is 1.95. The van der Waals surface area contributed by atoms with Crippen molar-refractivity contribution in [3.05, 3.63) is 35.9 Å². The highest BCUT2D eigenvalue weighted by molar-refractivity contribution is 5.69. The van der Waals surface area contributed by atoms with Gasteiger partial charge in [0.1, 0.15) is 0 Å². The zero-order valence-electron chi connectivity index (χ0n) is 28.3. The van der Waals surface area contributed by atoms with Gasteiger partial charge in [-0.1, -0.05) is 30.3 Å². The molecule has 1 aromatic rings. The third-order valence-electron chi connectivity index (χ3n) is 5.88. The van der Waals surface area contributed by atoms with Crippen LogP contribution in [0.25, 0.3) is 0 Å². The third-order valence-corrected chi connectivity index (χ3v) is 5.88. The molecule has 0 heterocycles. The number of ether oxygens (including phenoxy) is 13. The van der Waals surface area contributed by atoms with Crippen molar-refractivity contribution in [3.8, 4) is 0 Å². The summed E-state index contributed by atoms with van der Waals surface area (Å²) in [5.41, 5.74) is 1.16. The Kier molecular flexibility index (Phi) is 34.1. The van der Waals surface area contributed by atoms with Gasteiger partial charge in [0.15, 0.2) is 0 Å². The average Bonchev–Trinajstić information content (AvgIpc) is 3.10. The maximum Gasteiger partial charge on any atom is 0.307 e. The minimum Gasteiger partial charge on any atom is -0.469 e. The van der Waals surface area contributed by atoms with Gasteiger partial charge in [0.25, 0.3) is 0 Å². The van der Waals surface area contributed by atoms with E-state index in [0.717, 1.165) is 5.56 Å². The molecule has 0 bridgehead atoms. The molecule has 0 aliphatic rings. The Morgan fingerprint density at radius 1 is 0.383 bits per heavy atom. The van der Waals surface area contributed by atoms with E-state index in [-0.39, 0.29) is 12.4 Å². The fourth-order valence-corrected chi connectivity index (χ4v) is 3.44. The van der Waals surface area contributed by atoms with Crippen LogP contribution in [-0.4, -0.2) is 165 Å². The van der Waals surface area contributed by atoms with Gasteiger partial charge in [-0.05, 0) is 5.56 Å². The van der Waals surface area contributed by atoms with E-state index in [1.807, 2.05) is 30.3 Å². The number of carbonyl (C=O) groups excluding carboxylic acids is 1. The van der Waals surface area contributed by atoms with Crippen molar-refractivity contribution >= 4 is 5.97 Å². The highest BCUT2D eigenvalue weighted by Gasteiger charge is 2.00. The van der Waals surface area contributed by atoms with Crippen molar-refractivity contribution in [2.45, 2.75) is 13.0 Å². The summed E-state index contributed by atoms with van der Waals surface area (Å²) in [5, 5.41) is 0. The maximum absolute atomic E-state index is 10.9. The van der Waals surface area contributed by atoms with Gasteiger partial charge in [0.2, 0.25) is 0 Å². The Bertz CT molecular complexity index is 758. The molecule has 0 atom stereocenters. The first-order valence-electron chi connectivity index (χ1n) is 16.4. The first-order valence-corrected chi connectivity index (χ1v) is 16.4. The van der Waals surface area contributed by atoms with E-state index < -0.39 is 0 Å². The quantitative estimate of drug-likeness (QED) is 0.0744. The standard InChI is InChI=1S/C33H58O14/c1-35-33(34)7-8-36-9-10-37-11-12-38-13-14-39-15-16-40-17-18-41-19-20-42-21-22-43-23-24-44-25-26-45-27-28-46-29-30-47-31-32-5-3-2-4-6-32/h2-6H,7-31H2,1H3. The van der Waals surface area contributed by atoms with Gasteiger partial charge in [-0.25, -0.2) is 0 Å². The van der Waals surface area contributed by atoms with Gasteiger partial charge >= 0.3 is 5.97 Å². The Hall–Kier alpha value is -1.79. The molecule has 0 aliphatic carbocycles. The van der Waals surface area contributed by atoms with E-state index in [0.29, 0.717) is 159 Å². The molecule has 0 radical (unpaired) electrons. The van der Waals surface area contributed by atoms with Crippen LogP contribution in [0.15, 0.2) is 30.3 Å². The number of hydrogen-bond donors (Lipinski definition) is 0. The van der Waals surface area contributed by atoms with Crippen LogP contribution in [0.1, 0.15) is 12.0 Å². The van der Waals surface area contributed by atoms with E-state index in [4.69, 9.17) is 56.8 Å². The highest BCUT2D eigenvalue weighted by Crippen LogP contribution is 2.00. The van der Waals surface area contributed by atoms with E-state index in [1.165, 1.54) is 7.11 Å². The van der Waals surface area contributed by atoms with E-state index in [2.05, 4.69) is 4.74 Å². The zero-order chi connectivity index (χ0) is 33.6. The third kappa shape index (κ3) is 33.9. The maximum atomic E-state index is 10.9. The summed E-state index contributed by atoms with van der Waals surface area (Å²) in [5.74, 6) is -0.286. The summed E-state index contributed by atoms with van der Waals surface area (Å²) in [7, 11) is 1.35. The highest BCUT2D eigenvalue weighted by atomic mass is 16.6. The fourth-order valence-electron chi connectivity index (χ4n) is 3.44. The number of hydrogen-bond acceptors (Lipinski definition) is 14. The zero-order valence-corrected chi connectivity index (χ0v) is 28.3. The number of esters is 1. The topological polar surface area (TPSA) is 137 Å². The van der Waals surface area contributed by atoms with Crippen molar-refractivity contribution in [3.63, 3.8) is 0 Å². The molecular weight excluding hydrogens is 620 g/mol. The molecule has 14 heteroatoms. The van der Waals surface area contributed by atoms with Crippen LogP contribution in [0.2, 0.25) is 0 Å².